The van der Waals surface area contributed by atoms with Gasteiger partial charge in [-0.2, -0.15) is 0 Å². The highest BCUT2D eigenvalue weighted by Gasteiger charge is 2.12. The number of hydrogen-bond acceptors (Lipinski definition) is 2. The Labute approximate surface area is 98.4 Å². The van der Waals surface area contributed by atoms with Gasteiger partial charge < -0.3 is 9.55 Å². The number of H-pyrrole nitrogens is 1. The van der Waals surface area contributed by atoms with E-state index in [1.807, 2.05) is 17.7 Å². The molecule has 1 heterocycles. The first kappa shape index (κ1) is 12.6. The Kier molecular flexibility index (Phi) is 4.28. The van der Waals surface area contributed by atoms with Crippen LogP contribution >= 0.6 is 12.2 Å². The molecule has 0 aromatic carbocycles. The molecule has 2 unspecified atom stereocenters. The molecule has 0 aliphatic carbocycles. The van der Waals surface area contributed by atoms with E-state index in [0.717, 1.165) is 11.3 Å². The zero-order valence-electron chi connectivity index (χ0n) is 9.61. The predicted octanol–water partition coefficient (Wildman–Crippen LogP) is 2.44. The van der Waals surface area contributed by atoms with Gasteiger partial charge in [0.25, 0.3) is 0 Å². The third kappa shape index (κ3) is 3.01. The van der Waals surface area contributed by atoms with Crippen LogP contribution < -0.4 is 0 Å². The second-order valence-electron chi connectivity index (χ2n) is 4.09. The number of hydrogen-bond donors (Lipinski definition) is 1. The van der Waals surface area contributed by atoms with E-state index in [0.29, 0.717) is 5.92 Å². The average Bonchev–Trinajstić information content (AvgIpc) is 2.48. The third-order valence-corrected chi connectivity index (χ3v) is 4.12. The second-order valence-corrected chi connectivity index (χ2v) is 6.28. The Morgan fingerprint density at radius 2 is 2.13 bits per heavy atom. The van der Waals surface area contributed by atoms with Gasteiger partial charge in [-0.25, -0.2) is 0 Å². The molecule has 0 saturated heterocycles. The average molecular weight is 246 g/mol. The van der Waals surface area contributed by atoms with Crippen molar-refractivity contribution in [3.8, 4) is 0 Å². The van der Waals surface area contributed by atoms with Crippen LogP contribution in [0.3, 0.4) is 0 Å². The van der Waals surface area contributed by atoms with E-state index < -0.39 is 10.8 Å². The largest absolute Gasteiger partial charge is 0.337 e. The Bertz CT molecular complexity index is 406. The van der Waals surface area contributed by atoms with Gasteiger partial charge >= 0.3 is 0 Å². The summed E-state index contributed by atoms with van der Waals surface area (Å²) in [6.45, 7) is 6.96. The molecule has 1 aromatic rings. The van der Waals surface area contributed by atoms with Crippen LogP contribution in [-0.2, 0) is 17.3 Å². The molecule has 0 saturated carbocycles. The lowest BCUT2D eigenvalue weighted by atomic mass is 10.1. The summed E-state index contributed by atoms with van der Waals surface area (Å²) in [7, 11) is -0.806. The highest BCUT2D eigenvalue weighted by Crippen LogP contribution is 2.15. The van der Waals surface area contributed by atoms with E-state index in [1.54, 1.807) is 6.26 Å². The monoisotopic (exact) mass is 246 g/mol. The lowest BCUT2D eigenvalue weighted by molar-refractivity contribution is 0.606. The molecule has 0 aliphatic rings. The maximum Gasteiger partial charge on any atom is 0.177 e. The number of aromatic amines is 1. The molecule has 0 amide bonds. The summed E-state index contributed by atoms with van der Waals surface area (Å²) in [6, 6.07) is 0. The van der Waals surface area contributed by atoms with E-state index >= 15 is 0 Å². The normalized spacial score (nSPS) is 15.5. The van der Waals surface area contributed by atoms with Crippen molar-refractivity contribution in [2.75, 3.05) is 6.26 Å². The molecule has 1 aromatic heterocycles. The molecule has 1 rings (SSSR count). The van der Waals surface area contributed by atoms with Gasteiger partial charge in [0.15, 0.2) is 4.77 Å². The van der Waals surface area contributed by atoms with Crippen LogP contribution in [0.1, 0.15) is 32.4 Å². The minimum atomic E-state index is -0.806. The van der Waals surface area contributed by atoms with Crippen LogP contribution in [-0.4, -0.2) is 25.3 Å². The van der Waals surface area contributed by atoms with E-state index in [2.05, 4.69) is 18.8 Å². The van der Waals surface area contributed by atoms with Crippen molar-refractivity contribution in [2.24, 2.45) is 0 Å². The molecule has 86 valence electrons. The minimum Gasteiger partial charge on any atom is -0.337 e. The maximum absolute atomic E-state index is 11.3. The Morgan fingerprint density at radius 1 is 1.53 bits per heavy atom. The van der Waals surface area contributed by atoms with Gasteiger partial charge in [-0.05, 0) is 25.1 Å². The maximum atomic E-state index is 11.3. The van der Waals surface area contributed by atoms with Gasteiger partial charge in [-0.15, -0.1) is 0 Å². The summed E-state index contributed by atoms with van der Waals surface area (Å²) >= 11 is 5.21. The molecule has 15 heavy (non-hydrogen) atoms. The van der Waals surface area contributed by atoms with Gasteiger partial charge in [0.2, 0.25) is 0 Å². The first-order valence-corrected chi connectivity index (χ1v) is 7.06. The summed E-state index contributed by atoms with van der Waals surface area (Å²) in [4.78, 5) is 3.04. The Morgan fingerprint density at radius 3 is 2.60 bits per heavy atom. The number of imidazole rings is 1. The van der Waals surface area contributed by atoms with Crippen LogP contribution in [0.2, 0.25) is 0 Å². The molecule has 0 radical (unpaired) electrons. The van der Waals surface area contributed by atoms with Gasteiger partial charge in [0, 0.05) is 40.7 Å². The Balaban J connectivity index is 2.98. The highest BCUT2D eigenvalue weighted by molar-refractivity contribution is 7.84. The standard InChI is InChI=1S/C10H18N2OS2/c1-7(2)9-5-11-10(14)12(9)6-8(3)15(4)13/h5,7-8H,6H2,1-4H3,(H,11,14). The third-order valence-electron chi connectivity index (χ3n) is 2.50. The van der Waals surface area contributed by atoms with E-state index in [9.17, 15) is 4.21 Å². The molecule has 2 atom stereocenters. The van der Waals surface area contributed by atoms with Gasteiger partial charge in [0.1, 0.15) is 0 Å². The lowest BCUT2D eigenvalue weighted by Gasteiger charge is -2.14. The zero-order chi connectivity index (χ0) is 11.6. The molecule has 0 fully saturated rings. The summed E-state index contributed by atoms with van der Waals surface area (Å²) < 4.78 is 14.1. The number of aromatic nitrogens is 2. The fourth-order valence-corrected chi connectivity index (χ4v) is 2.04. The lowest BCUT2D eigenvalue weighted by Crippen LogP contribution is -2.19. The summed E-state index contributed by atoms with van der Waals surface area (Å²) in [5.41, 5.74) is 1.18. The van der Waals surface area contributed by atoms with E-state index in [-0.39, 0.29) is 5.25 Å². The van der Waals surface area contributed by atoms with E-state index in [4.69, 9.17) is 12.2 Å². The summed E-state index contributed by atoms with van der Waals surface area (Å²) in [5.74, 6) is 0.426. The fourth-order valence-electron chi connectivity index (χ4n) is 1.44. The van der Waals surface area contributed by atoms with Crippen LogP contribution in [0.5, 0.6) is 0 Å². The molecular weight excluding hydrogens is 228 g/mol. The SMILES string of the molecule is CC(C)c1c[nH]c(=S)n1CC(C)S(C)=O. The van der Waals surface area contributed by atoms with Gasteiger partial charge in [-0.3, -0.25) is 4.21 Å². The van der Waals surface area contributed by atoms with Crippen molar-refractivity contribution in [1.82, 2.24) is 9.55 Å². The highest BCUT2D eigenvalue weighted by atomic mass is 32.2. The fraction of sp³-hybridized carbons (Fsp3) is 0.700. The molecule has 0 bridgehead atoms. The quantitative estimate of drug-likeness (QED) is 0.829. The second kappa shape index (κ2) is 5.07. The van der Waals surface area contributed by atoms with Gasteiger partial charge in [-0.1, -0.05) is 13.8 Å². The van der Waals surface area contributed by atoms with Crippen LogP contribution in [0, 0.1) is 4.77 Å². The predicted molar refractivity (Wildman–Crippen MR) is 67.2 cm³/mol. The smallest absolute Gasteiger partial charge is 0.177 e. The van der Waals surface area contributed by atoms with Crippen LogP contribution in [0.4, 0.5) is 0 Å². The number of rotatable bonds is 4. The van der Waals surface area contributed by atoms with Crippen molar-refractivity contribution in [1.29, 1.82) is 0 Å². The zero-order valence-corrected chi connectivity index (χ0v) is 11.2. The molecule has 0 spiro atoms. The van der Waals surface area contributed by atoms with Crippen molar-refractivity contribution < 1.29 is 4.21 Å². The topological polar surface area (TPSA) is 37.8 Å². The number of nitrogens with zero attached hydrogens (tertiary/aromatic N) is 1. The first-order chi connectivity index (χ1) is 6.93. The molecule has 3 nitrogen and oxygen atoms in total. The van der Waals surface area contributed by atoms with Gasteiger partial charge in [0.05, 0.1) is 0 Å². The molecule has 0 aliphatic heterocycles. The van der Waals surface area contributed by atoms with Crippen molar-refractivity contribution in [3.63, 3.8) is 0 Å². The molecule has 5 heteroatoms. The minimum absolute atomic E-state index is 0.130. The molecular formula is C10H18N2OS2. The Hall–Kier alpha value is -0.420. The summed E-state index contributed by atoms with van der Waals surface area (Å²) in [5, 5.41) is 0.130. The first-order valence-electron chi connectivity index (χ1n) is 5.03. The van der Waals surface area contributed by atoms with Crippen LogP contribution in [0.25, 0.3) is 0 Å². The summed E-state index contributed by atoms with van der Waals surface area (Å²) in [6.07, 6.45) is 3.67. The number of nitrogens with one attached hydrogen (secondary N) is 1. The van der Waals surface area contributed by atoms with E-state index in [1.165, 1.54) is 5.69 Å². The van der Waals surface area contributed by atoms with Crippen molar-refractivity contribution in [2.45, 2.75) is 38.5 Å². The van der Waals surface area contributed by atoms with Crippen LogP contribution in [0.15, 0.2) is 6.20 Å². The molecule has 1 N–H and O–H groups in total. The van der Waals surface area contributed by atoms with Crippen molar-refractivity contribution >= 4 is 23.0 Å². The van der Waals surface area contributed by atoms with Crippen molar-refractivity contribution in [3.05, 3.63) is 16.7 Å².